The molecule has 1 aromatic carbocycles. The Labute approximate surface area is 138 Å². The maximum absolute atomic E-state index is 6.46. The summed E-state index contributed by atoms with van der Waals surface area (Å²) in [6.07, 6.45) is 2.18. The van der Waals surface area contributed by atoms with E-state index in [0.717, 1.165) is 24.5 Å². The lowest BCUT2D eigenvalue weighted by Crippen LogP contribution is -2.42. The molecule has 0 bridgehead atoms. The Morgan fingerprint density at radius 2 is 2.14 bits per heavy atom. The quantitative estimate of drug-likeness (QED) is 0.892. The summed E-state index contributed by atoms with van der Waals surface area (Å²) in [4.78, 5) is 2.56. The molecule has 0 aliphatic carbocycles. The Morgan fingerprint density at radius 3 is 2.81 bits per heavy atom. The van der Waals surface area contributed by atoms with E-state index < -0.39 is 0 Å². The number of rotatable bonds is 4. The van der Waals surface area contributed by atoms with Gasteiger partial charge in [-0.3, -0.25) is 4.90 Å². The monoisotopic (exact) mass is 326 g/mol. The molecule has 1 aliphatic heterocycles. The first kappa shape index (κ1) is 17.1. The normalized spacial score (nSPS) is 22.5. The summed E-state index contributed by atoms with van der Waals surface area (Å²) in [5.41, 5.74) is 7.71. The van der Waals surface area contributed by atoms with Gasteiger partial charge in [-0.25, -0.2) is 0 Å². The van der Waals surface area contributed by atoms with E-state index in [9.17, 15) is 0 Å². The fraction of sp³-hybridized carbons (Fsp3) is 0.647. The highest BCUT2D eigenvalue weighted by atomic mass is 35.5. The van der Waals surface area contributed by atoms with E-state index in [-0.39, 0.29) is 12.1 Å². The molecular weight excluding hydrogens is 300 g/mol. The Hall–Kier alpha value is -0.220. The number of halogens is 1. The summed E-state index contributed by atoms with van der Waals surface area (Å²) in [6.45, 7) is 9.05. The van der Waals surface area contributed by atoms with E-state index in [1.54, 1.807) is 0 Å². The van der Waals surface area contributed by atoms with Gasteiger partial charge >= 0.3 is 0 Å². The van der Waals surface area contributed by atoms with Crippen molar-refractivity contribution in [2.24, 2.45) is 5.73 Å². The predicted octanol–water partition coefficient (Wildman–Crippen LogP) is 4.34. The van der Waals surface area contributed by atoms with E-state index in [1.165, 1.54) is 17.7 Å². The van der Waals surface area contributed by atoms with Gasteiger partial charge in [-0.05, 0) is 30.5 Å². The average molecular weight is 327 g/mol. The minimum absolute atomic E-state index is 0.148. The fourth-order valence-electron chi connectivity index (χ4n) is 2.96. The van der Waals surface area contributed by atoms with Crippen molar-refractivity contribution in [2.45, 2.75) is 50.4 Å². The first-order chi connectivity index (χ1) is 9.93. The molecule has 1 saturated heterocycles. The SMILES string of the molecule is CCC(N)C(c1cccc(Cl)c1)N1CCSC(C)(C)CC1. The third kappa shape index (κ3) is 4.62. The number of hydrogen-bond acceptors (Lipinski definition) is 3. The first-order valence-corrected chi connectivity index (χ1v) is 9.18. The number of benzene rings is 1. The van der Waals surface area contributed by atoms with Crippen molar-refractivity contribution >= 4 is 23.4 Å². The second-order valence-electron chi connectivity index (χ2n) is 6.47. The van der Waals surface area contributed by atoms with Crippen molar-refractivity contribution in [3.05, 3.63) is 34.9 Å². The molecule has 2 atom stereocenters. The maximum Gasteiger partial charge on any atom is 0.0499 e. The van der Waals surface area contributed by atoms with Crippen LogP contribution in [0.1, 0.15) is 45.2 Å². The van der Waals surface area contributed by atoms with Crippen LogP contribution < -0.4 is 5.73 Å². The van der Waals surface area contributed by atoms with Gasteiger partial charge in [-0.2, -0.15) is 11.8 Å². The minimum atomic E-state index is 0.148. The van der Waals surface area contributed by atoms with Crippen molar-refractivity contribution in [1.82, 2.24) is 4.90 Å². The van der Waals surface area contributed by atoms with Crippen LogP contribution in [0.3, 0.4) is 0 Å². The zero-order valence-corrected chi connectivity index (χ0v) is 14.9. The van der Waals surface area contributed by atoms with Gasteiger partial charge in [0.15, 0.2) is 0 Å². The highest BCUT2D eigenvalue weighted by Gasteiger charge is 2.30. The van der Waals surface area contributed by atoms with Gasteiger partial charge in [0.1, 0.15) is 0 Å². The van der Waals surface area contributed by atoms with E-state index in [4.69, 9.17) is 17.3 Å². The molecule has 1 heterocycles. The maximum atomic E-state index is 6.46. The number of nitrogens with two attached hydrogens (primary N) is 1. The molecule has 1 aliphatic rings. The fourth-order valence-corrected chi connectivity index (χ4v) is 4.27. The Morgan fingerprint density at radius 1 is 1.38 bits per heavy atom. The molecule has 0 spiro atoms. The molecule has 0 amide bonds. The standard InChI is InChI=1S/C17H27ClN2S/c1-4-15(19)16(13-6-5-7-14(18)12-13)20-9-8-17(2,3)21-11-10-20/h5-7,12,15-16H,4,8-11,19H2,1-3H3. The van der Waals surface area contributed by atoms with Crippen molar-refractivity contribution in [3.8, 4) is 0 Å². The van der Waals surface area contributed by atoms with Crippen LogP contribution in [0, 0.1) is 0 Å². The second kappa shape index (κ2) is 7.36. The molecule has 0 aromatic heterocycles. The van der Waals surface area contributed by atoms with E-state index in [2.05, 4.69) is 49.6 Å². The highest BCUT2D eigenvalue weighted by Crippen LogP contribution is 2.35. The molecule has 2 N–H and O–H groups in total. The lowest BCUT2D eigenvalue weighted by Gasteiger charge is -2.35. The zero-order valence-electron chi connectivity index (χ0n) is 13.3. The summed E-state index contributed by atoms with van der Waals surface area (Å²) in [5, 5.41) is 0.797. The molecule has 0 radical (unpaired) electrons. The van der Waals surface area contributed by atoms with E-state index in [0.29, 0.717) is 4.75 Å². The van der Waals surface area contributed by atoms with Crippen LogP contribution in [-0.4, -0.2) is 34.5 Å². The molecule has 21 heavy (non-hydrogen) atoms. The van der Waals surface area contributed by atoms with E-state index >= 15 is 0 Å². The lowest BCUT2D eigenvalue weighted by atomic mass is 9.95. The molecular formula is C17H27ClN2S. The number of nitrogens with zero attached hydrogens (tertiary/aromatic N) is 1. The number of thioether (sulfide) groups is 1. The zero-order chi connectivity index (χ0) is 15.5. The van der Waals surface area contributed by atoms with Crippen LogP contribution in [0.15, 0.2) is 24.3 Å². The van der Waals surface area contributed by atoms with Gasteiger partial charge < -0.3 is 5.73 Å². The molecule has 4 heteroatoms. The van der Waals surface area contributed by atoms with Crippen LogP contribution in [0.25, 0.3) is 0 Å². The molecule has 2 unspecified atom stereocenters. The van der Waals surface area contributed by atoms with Gasteiger partial charge in [0, 0.05) is 40.7 Å². The van der Waals surface area contributed by atoms with Crippen LogP contribution in [0.5, 0.6) is 0 Å². The first-order valence-electron chi connectivity index (χ1n) is 7.82. The van der Waals surface area contributed by atoms with Crippen LogP contribution >= 0.6 is 23.4 Å². The van der Waals surface area contributed by atoms with Crippen LogP contribution in [0.2, 0.25) is 5.02 Å². The Kier molecular flexibility index (Phi) is 6.01. The van der Waals surface area contributed by atoms with Crippen LogP contribution in [0.4, 0.5) is 0 Å². The molecule has 1 fully saturated rings. The van der Waals surface area contributed by atoms with E-state index in [1.807, 2.05) is 12.1 Å². The van der Waals surface area contributed by atoms with Crippen molar-refractivity contribution in [1.29, 1.82) is 0 Å². The third-order valence-corrected chi connectivity index (χ3v) is 5.94. The van der Waals surface area contributed by atoms with Gasteiger partial charge in [0.05, 0.1) is 0 Å². The summed E-state index contributed by atoms with van der Waals surface area (Å²) >= 11 is 8.26. The Bertz CT molecular complexity index is 464. The summed E-state index contributed by atoms with van der Waals surface area (Å²) < 4.78 is 0.365. The third-order valence-electron chi connectivity index (χ3n) is 4.33. The molecule has 1 aromatic rings. The topological polar surface area (TPSA) is 29.3 Å². The largest absolute Gasteiger partial charge is 0.326 e. The van der Waals surface area contributed by atoms with Crippen molar-refractivity contribution in [2.75, 3.05) is 18.8 Å². The molecule has 118 valence electrons. The van der Waals surface area contributed by atoms with Gasteiger partial charge in [0.2, 0.25) is 0 Å². The average Bonchev–Trinajstić information content (AvgIpc) is 2.60. The predicted molar refractivity (Wildman–Crippen MR) is 95.2 cm³/mol. The second-order valence-corrected chi connectivity index (χ2v) is 8.70. The minimum Gasteiger partial charge on any atom is -0.326 e. The number of hydrogen-bond donors (Lipinski definition) is 1. The van der Waals surface area contributed by atoms with Crippen molar-refractivity contribution in [3.63, 3.8) is 0 Å². The van der Waals surface area contributed by atoms with Crippen LogP contribution in [-0.2, 0) is 0 Å². The summed E-state index contributed by atoms with van der Waals surface area (Å²) in [7, 11) is 0. The highest BCUT2D eigenvalue weighted by molar-refractivity contribution is 8.00. The smallest absolute Gasteiger partial charge is 0.0499 e. The summed E-state index contributed by atoms with van der Waals surface area (Å²) in [6, 6.07) is 8.61. The molecule has 2 rings (SSSR count). The summed E-state index contributed by atoms with van der Waals surface area (Å²) in [5.74, 6) is 1.17. The van der Waals surface area contributed by atoms with Gasteiger partial charge in [0.25, 0.3) is 0 Å². The van der Waals surface area contributed by atoms with Gasteiger partial charge in [-0.15, -0.1) is 0 Å². The molecule has 0 saturated carbocycles. The molecule has 2 nitrogen and oxygen atoms in total. The van der Waals surface area contributed by atoms with Gasteiger partial charge in [-0.1, -0.05) is 44.5 Å². The lowest BCUT2D eigenvalue weighted by molar-refractivity contribution is 0.177. The van der Waals surface area contributed by atoms with Crippen molar-refractivity contribution < 1.29 is 0 Å². The Balaban J connectivity index is 2.24.